The number of hydrogen-bond donors (Lipinski definition) is 0. The second-order valence-electron chi connectivity index (χ2n) is 3.45. The lowest BCUT2D eigenvalue weighted by atomic mass is 10.2. The molecule has 0 aliphatic rings. The normalized spacial score (nSPS) is 11.9. The number of hydrogen-bond acceptors (Lipinski definition) is 5. The topological polar surface area (TPSA) is 52.8 Å². The summed E-state index contributed by atoms with van der Waals surface area (Å²) in [5.41, 5.74) is 0. The Hall–Kier alpha value is -0.990. The van der Waals surface area contributed by atoms with Crippen LogP contribution in [0.5, 0.6) is 0 Å². The monoisotopic (exact) mass is 256 g/mol. The van der Waals surface area contributed by atoms with Crippen molar-refractivity contribution in [3.8, 4) is 6.07 Å². The molecule has 0 radical (unpaired) electrons. The van der Waals surface area contributed by atoms with Crippen LogP contribution in [0.3, 0.4) is 0 Å². The zero-order valence-corrected chi connectivity index (χ0v) is 11.0. The van der Waals surface area contributed by atoms with E-state index in [1.165, 1.54) is 11.8 Å². The molecule has 6 heteroatoms. The molecule has 0 aromatic carbocycles. The summed E-state index contributed by atoms with van der Waals surface area (Å²) in [4.78, 5) is 10.3. The van der Waals surface area contributed by atoms with Gasteiger partial charge in [-0.1, -0.05) is 23.4 Å². The first-order chi connectivity index (χ1) is 7.56. The number of halogens is 1. The third-order valence-electron chi connectivity index (χ3n) is 2.00. The van der Waals surface area contributed by atoms with Gasteiger partial charge in [-0.25, -0.2) is 9.97 Å². The Bertz CT molecular complexity index is 404. The number of rotatable bonds is 4. The van der Waals surface area contributed by atoms with Gasteiger partial charge in [-0.05, 0) is 13.2 Å². The molecule has 1 aromatic heterocycles. The van der Waals surface area contributed by atoms with Gasteiger partial charge in [0, 0.05) is 19.7 Å². The minimum absolute atomic E-state index is 0.0449. The summed E-state index contributed by atoms with van der Waals surface area (Å²) in [7, 11) is 1.89. The van der Waals surface area contributed by atoms with Crippen LogP contribution in [-0.4, -0.2) is 29.8 Å². The van der Waals surface area contributed by atoms with Crippen molar-refractivity contribution in [2.75, 3.05) is 24.7 Å². The number of nitrogens with zero attached hydrogens (tertiary/aromatic N) is 4. The highest BCUT2D eigenvalue weighted by Gasteiger charge is 2.10. The van der Waals surface area contributed by atoms with E-state index in [4.69, 9.17) is 16.9 Å². The molecule has 0 saturated heterocycles. The van der Waals surface area contributed by atoms with Gasteiger partial charge in [0.05, 0.1) is 12.0 Å². The van der Waals surface area contributed by atoms with Gasteiger partial charge < -0.3 is 4.90 Å². The molecule has 4 nitrogen and oxygen atoms in total. The maximum absolute atomic E-state index is 8.75. The third-order valence-corrected chi connectivity index (χ3v) is 2.74. The van der Waals surface area contributed by atoms with Crippen LogP contribution in [0.15, 0.2) is 11.2 Å². The molecular weight excluding hydrogens is 244 g/mol. The zero-order chi connectivity index (χ0) is 12.1. The van der Waals surface area contributed by atoms with Crippen LogP contribution in [0.25, 0.3) is 0 Å². The minimum atomic E-state index is -0.0449. The number of anilines is 1. The van der Waals surface area contributed by atoms with Crippen molar-refractivity contribution in [2.24, 2.45) is 5.92 Å². The van der Waals surface area contributed by atoms with Crippen molar-refractivity contribution in [3.63, 3.8) is 0 Å². The molecule has 1 atom stereocenters. The van der Waals surface area contributed by atoms with E-state index in [1.807, 2.05) is 25.1 Å². The van der Waals surface area contributed by atoms with Gasteiger partial charge in [0.25, 0.3) is 0 Å². The van der Waals surface area contributed by atoms with Crippen molar-refractivity contribution in [2.45, 2.75) is 12.1 Å². The summed E-state index contributed by atoms with van der Waals surface area (Å²) >= 11 is 7.33. The minimum Gasteiger partial charge on any atom is -0.358 e. The maximum Gasteiger partial charge on any atom is 0.190 e. The summed E-state index contributed by atoms with van der Waals surface area (Å²) in [5.74, 6) is 0.697. The average molecular weight is 257 g/mol. The molecule has 0 aliphatic carbocycles. The van der Waals surface area contributed by atoms with Crippen molar-refractivity contribution in [3.05, 3.63) is 11.2 Å². The van der Waals surface area contributed by atoms with Gasteiger partial charge in [0.1, 0.15) is 11.0 Å². The van der Waals surface area contributed by atoms with Crippen LogP contribution in [0.2, 0.25) is 5.15 Å². The molecule has 1 rings (SSSR count). The van der Waals surface area contributed by atoms with E-state index in [9.17, 15) is 0 Å². The SMILES string of the molecule is CSc1nc(Cl)cc(N(C)CC(C)C#N)n1. The Labute approximate surface area is 105 Å². The summed E-state index contributed by atoms with van der Waals surface area (Å²) in [6.45, 7) is 2.49. The fourth-order valence-corrected chi connectivity index (χ4v) is 1.82. The largest absolute Gasteiger partial charge is 0.358 e. The first-order valence-electron chi connectivity index (χ1n) is 4.76. The van der Waals surface area contributed by atoms with Crippen molar-refractivity contribution >= 4 is 29.2 Å². The Balaban J connectivity index is 2.87. The van der Waals surface area contributed by atoms with Crippen molar-refractivity contribution in [1.82, 2.24) is 9.97 Å². The van der Waals surface area contributed by atoms with Crippen LogP contribution in [0, 0.1) is 17.2 Å². The summed E-state index contributed by atoms with van der Waals surface area (Å²) in [6.07, 6.45) is 1.90. The Kier molecular flexibility index (Phi) is 4.84. The summed E-state index contributed by atoms with van der Waals surface area (Å²) < 4.78 is 0. The highest BCUT2D eigenvalue weighted by Crippen LogP contribution is 2.19. The fraction of sp³-hybridized carbons (Fsp3) is 0.500. The Morgan fingerprint density at radius 1 is 1.62 bits per heavy atom. The van der Waals surface area contributed by atoms with Crippen molar-refractivity contribution in [1.29, 1.82) is 5.26 Å². The lowest BCUT2D eigenvalue weighted by Gasteiger charge is -2.19. The van der Waals surface area contributed by atoms with Crippen LogP contribution in [0.4, 0.5) is 5.82 Å². The maximum atomic E-state index is 8.75. The standard InChI is InChI=1S/C10H13ClN4S/c1-7(5-12)6-15(2)9-4-8(11)13-10(14-9)16-3/h4,7H,6H2,1-3H3. The molecule has 0 fully saturated rings. The zero-order valence-electron chi connectivity index (χ0n) is 9.44. The van der Waals surface area contributed by atoms with E-state index in [1.54, 1.807) is 6.07 Å². The summed E-state index contributed by atoms with van der Waals surface area (Å²) in [6, 6.07) is 3.89. The molecule has 0 bridgehead atoms. The van der Waals surface area contributed by atoms with Crippen LogP contribution < -0.4 is 4.90 Å². The van der Waals surface area contributed by atoms with Gasteiger partial charge in [0.2, 0.25) is 0 Å². The third kappa shape index (κ3) is 3.54. The van der Waals surface area contributed by atoms with Gasteiger partial charge in [-0.15, -0.1) is 0 Å². The molecule has 1 aromatic rings. The average Bonchev–Trinajstić information content (AvgIpc) is 2.27. The van der Waals surface area contributed by atoms with Gasteiger partial charge in [0.15, 0.2) is 5.16 Å². The molecule has 86 valence electrons. The lowest BCUT2D eigenvalue weighted by molar-refractivity contribution is 0.705. The van der Waals surface area contributed by atoms with Gasteiger partial charge in [-0.3, -0.25) is 0 Å². The Morgan fingerprint density at radius 2 is 2.31 bits per heavy atom. The second-order valence-corrected chi connectivity index (χ2v) is 4.61. The lowest BCUT2D eigenvalue weighted by Crippen LogP contribution is -2.24. The predicted molar refractivity (Wildman–Crippen MR) is 66.9 cm³/mol. The first-order valence-corrected chi connectivity index (χ1v) is 6.36. The fourth-order valence-electron chi connectivity index (χ4n) is 1.22. The van der Waals surface area contributed by atoms with Gasteiger partial charge >= 0.3 is 0 Å². The van der Waals surface area contributed by atoms with Crippen LogP contribution >= 0.6 is 23.4 Å². The van der Waals surface area contributed by atoms with E-state index < -0.39 is 0 Å². The smallest absolute Gasteiger partial charge is 0.190 e. The first kappa shape index (κ1) is 13.1. The molecule has 0 spiro atoms. The van der Waals surface area contributed by atoms with Crippen LogP contribution in [0.1, 0.15) is 6.92 Å². The van der Waals surface area contributed by atoms with E-state index in [0.717, 1.165) is 5.82 Å². The molecule has 1 unspecified atom stereocenters. The molecule has 0 N–H and O–H groups in total. The predicted octanol–water partition coefficient (Wildman–Crippen LogP) is 2.45. The van der Waals surface area contributed by atoms with E-state index in [2.05, 4.69) is 16.0 Å². The van der Waals surface area contributed by atoms with E-state index in [0.29, 0.717) is 16.9 Å². The quantitative estimate of drug-likeness (QED) is 0.471. The molecule has 16 heavy (non-hydrogen) atoms. The van der Waals surface area contributed by atoms with E-state index in [-0.39, 0.29) is 5.92 Å². The van der Waals surface area contributed by atoms with Gasteiger partial charge in [-0.2, -0.15) is 5.26 Å². The highest BCUT2D eigenvalue weighted by atomic mass is 35.5. The molecule has 0 saturated carbocycles. The number of aromatic nitrogens is 2. The van der Waals surface area contributed by atoms with Crippen LogP contribution in [-0.2, 0) is 0 Å². The molecule has 1 heterocycles. The number of thioether (sulfide) groups is 1. The molecule has 0 aliphatic heterocycles. The second kappa shape index (κ2) is 5.92. The molecular formula is C10H13ClN4S. The van der Waals surface area contributed by atoms with E-state index >= 15 is 0 Å². The molecule has 0 amide bonds. The Morgan fingerprint density at radius 3 is 2.88 bits per heavy atom. The summed E-state index contributed by atoms with van der Waals surface area (Å²) in [5, 5.41) is 9.81. The number of nitriles is 1. The van der Waals surface area contributed by atoms with Crippen molar-refractivity contribution < 1.29 is 0 Å². The highest BCUT2D eigenvalue weighted by molar-refractivity contribution is 7.98.